The molecule has 0 atom stereocenters. The molecular weight excluding hydrogens is 208 g/mol. The fourth-order valence-electron chi connectivity index (χ4n) is 1.51. The normalized spacial score (nSPS) is 9.62. The molecule has 0 unspecified atom stereocenters. The Morgan fingerprint density at radius 2 is 2.00 bits per heavy atom. The number of allylic oxidation sites excluding steroid dienone is 1. The first-order valence-corrected chi connectivity index (χ1v) is 5.21. The van der Waals surface area contributed by atoms with Crippen LogP contribution in [0.15, 0.2) is 30.3 Å². The summed E-state index contributed by atoms with van der Waals surface area (Å²) in [6, 6.07) is 6.51. The van der Waals surface area contributed by atoms with E-state index in [2.05, 4.69) is 4.85 Å². The van der Waals surface area contributed by atoms with Gasteiger partial charge in [0.25, 0.3) is 6.08 Å². The highest BCUT2D eigenvalue weighted by molar-refractivity contribution is 5.77. The molecule has 1 nitrogen and oxygen atoms in total. The van der Waals surface area contributed by atoms with Gasteiger partial charge in [-0.15, -0.1) is 0 Å². The highest BCUT2D eigenvalue weighted by Crippen LogP contribution is 2.32. The number of hydrogen-bond donors (Lipinski definition) is 0. The van der Waals surface area contributed by atoms with Crippen LogP contribution in [0, 0.1) is 6.57 Å². The fraction of sp³-hybridized carbons (Fsp3) is 0.308. The summed E-state index contributed by atoms with van der Waals surface area (Å²) in [5.74, 6) is 0. The molecule has 0 saturated carbocycles. The summed E-state index contributed by atoms with van der Waals surface area (Å²) in [6.45, 7) is 8.91. The first-order chi connectivity index (χ1) is 7.70. The maximum absolute atomic E-state index is 12.8. The number of hydrogen-bond acceptors (Lipinski definition) is 0. The third kappa shape index (κ3) is 2.90. The van der Waals surface area contributed by atoms with Gasteiger partial charge in [-0.05, 0) is 18.4 Å². The summed E-state index contributed by atoms with van der Waals surface area (Å²) >= 11 is 0. The second kappa shape index (κ2) is 6.02. The number of nitrogens with zero attached hydrogens (tertiary/aromatic N) is 1. The van der Waals surface area contributed by atoms with E-state index in [1.165, 1.54) is 0 Å². The van der Waals surface area contributed by atoms with Gasteiger partial charge in [-0.1, -0.05) is 37.6 Å². The Labute approximate surface area is 94.2 Å². The standard InChI is InChI=1S/C13H13F2N/c1-3-4-7-11(13(14)15)10-8-5-6-9-12(10)16-2/h5-6,8-9H,3-4,7H2,1H3. The molecule has 0 N–H and O–H groups in total. The number of rotatable bonds is 4. The molecule has 16 heavy (non-hydrogen) atoms. The Balaban J connectivity index is 3.13. The van der Waals surface area contributed by atoms with E-state index in [0.717, 1.165) is 6.42 Å². The van der Waals surface area contributed by atoms with Gasteiger partial charge in [0.15, 0.2) is 5.69 Å². The molecule has 1 aromatic carbocycles. The SMILES string of the molecule is [C-]#[N+]c1ccccc1C(CCCC)=C(F)F. The monoisotopic (exact) mass is 221 g/mol. The van der Waals surface area contributed by atoms with Crippen molar-refractivity contribution in [2.75, 3.05) is 0 Å². The van der Waals surface area contributed by atoms with Crippen LogP contribution in [0.1, 0.15) is 31.7 Å². The summed E-state index contributed by atoms with van der Waals surface area (Å²) in [5.41, 5.74) is 0.667. The molecule has 0 aliphatic heterocycles. The van der Waals surface area contributed by atoms with Gasteiger partial charge < -0.3 is 0 Å². The molecule has 0 amide bonds. The second-order valence-corrected chi connectivity index (χ2v) is 3.47. The molecule has 3 heteroatoms. The number of halogens is 2. The smallest absolute Gasteiger partial charge is 0.238 e. The Hall–Kier alpha value is -1.69. The minimum absolute atomic E-state index is 0.00782. The van der Waals surface area contributed by atoms with Crippen LogP contribution in [0.25, 0.3) is 10.4 Å². The van der Waals surface area contributed by atoms with E-state index in [9.17, 15) is 8.78 Å². The Morgan fingerprint density at radius 1 is 1.31 bits per heavy atom. The van der Waals surface area contributed by atoms with Crippen LogP contribution in [-0.4, -0.2) is 0 Å². The van der Waals surface area contributed by atoms with Gasteiger partial charge in [0, 0.05) is 5.57 Å². The third-order valence-corrected chi connectivity index (χ3v) is 2.36. The summed E-state index contributed by atoms with van der Waals surface area (Å²) in [4.78, 5) is 3.26. The molecule has 1 rings (SSSR count). The largest absolute Gasteiger partial charge is 0.272 e. The predicted molar refractivity (Wildman–Crippen MR) is 61.4 cm³/mol. The average molecular weight is 221 g/mol. The Kier molecular flexibility index (Phi) is 4.65. The van der Waals surface area contributed by atoms with E-state index in [-0.39, 0.29) is 5.57 Å². The van der Waals surface area contributed by atoms with Gasteiger partial charge in [-0.2, -0.15) is 8.78 Å². The van der Waals surface area contributed by atoms with Crippen molar-refractivity contribution in [2.45, 2.75) is 26.2 Å². The van der Waals surface area contributed by atoms with Crippen molar-refractivity contribution in [3.8, 4) is 0 Å². The van der Waals surface area contributed by atoms with Crippen LogP contribution in [0.2, 0.25) is 0 Å². The zero-order valence-electron chi connectivity index (χ0n) is 9.13. The van der Waals surface area contributed by atoms with E-state index < -0.39 is 6.08 Å². The van der Waals surface area contributed by atoms with Gasteiger partial charge in [0.2, 0.25) is 0 Å². The maximum Gasteiger partial charge on any atom is 0.272 e. The number of unbranched alkanes of at least 4 members (excludes halogenated alkanes) is 1. The zero-order chi connectivity index (χ0) is 12.0. The lowest BCUT2D eigenvalue weighted by Crippen LogP contribution is -1.87. The van der Waals surface area contributed by atoms with E-state index in [1.807, 2.05) is 6.92 Å². The topological polar surface area (TPSA) is 4.36 Å². The highest BCUT2D eigenvalue weighted by atomic mass is 19.3. The first-order valence-electron chi connectivity index (χ1n) is 5.21. The van der Waals surface area contributed by atoms with Gasteiger partial charge in [-0.25, -0.2) is 4.85 Å². The van der Waals surface area contributed by atoms with Crippen molar-refractivity contribution in [1.29, 1.82) is 0 Å². The molecule has 1 aromatic rings. The van der Waals surface area contributed by atoms with E-state index in [4.69, 9.17) is 6.57 Å². The van der Waals surface area contributed by atoms with Gasteiger partial charge in [0.05, 0.1) is 6.57 Å². The van der Waals surface area contributed by atoms with Crippen molar-refractivity contribution >= 4 is 11.3 Å². The molecule has 0 heterocycles. The minimum atomic E-state index is -1.68. The fourth-order valence-corrected chi connectivity index (χ4v) is 1.51. The first kappa shape index (κ1) is 12.4. The molecule has 0 aliphatic rings. The quantitative estimate of drug-likeness (QED) is 0.628. The molecular formula is C13H13F2N. The highest BCUT2D eigenvalue weighted by Gasteiger charge is 2.12. The molecule has 0 bridgehead atoms. The van der Waals surface area contributed by atoms with Crippen LogP contribution in [0.3, 0.4) is 0 Å². The number of benzene rings is 1. The van der Waals surface area contributed by atoms with Gasteiger partial charge in [-0.3, -0.25) is 0 Å². The summed E-state index contributed by atoms with van der Waals surface area (Å²) in [7, 11) is 0. The summed E-state index contributed by atoms with van der Waals surface area (Å²) < 4.78 is 25.6. The maximum atomic E-state index is 12.8. The number of para-hydroxylation sites is 1. The van der Waals surface area contributed by atoms with Crippen molar-refractivity contribution < 1.29 is 8.78 Å². The molecule has 0 saturated heterocycles. The van der Waals surface area contributed by atoms with E-state index in [1.54, 1.807) is 24.3 Å². The van der Waals surface area contributed by atoms with Crippen molar-refractivity contribution in [2.24, 2.45) is 0 Å². The lowest BCUT2D eigenvalue weighted by molar-refractivity contribution is 0.422. The van der Waals surface area contributed by atoms with E-state index >= 15 is 0 Å². The van der Waals surface area contributed by atoms with Crippen LogP contribution in [0.4, 0.5) is 14.5 Å². The zero-order valence-corrected chi connectivity index (χ0v) is 9.13. The molecule has 0 aromatic heterocycles. The average Bonchev–Trinajstić information content (AvgIpc) is 2.29. The molecule has 0 radical (unpaired) electrons. The van der Waals surface area contributed by atoms with Crippen LogP contribution in [-0.2, 0) is 0 Å². The summed E-state index contributed by atoms with van der Waals surface area (Å²) in [6.07, 6.45) is 0.214. The molecule has 0 fully saturated rings. The predicted octanol–water partition coefficient (Wildman–Crippen LogP) is 5.04. The van der Waals surface area contributed by atoms with Crippen LogP contribution < -0.4 is 0 Å². The molecule has 0 aliphatic carbocycles. The summed E-state index contributed by atoms with van der Waals surface area (Å²) in [5, 5.41) is 0. The van der Waals surface area contributed by atoms with Crippen molar-refractivity contribution in [3.63, 3.8) is 0 Å². The lowest BCUT2D eigenvalue weighted by Gasteiger charge is -2.07. The van der Waals surface area contributed by atoms with Gasteiger partial charge >= 0.3 is 0 Å². The van der Waals surface area contributed by atoms with Crippen molar-refractivity contribution in [3.05, 3.63) is 47.3 Å². The van der Waals surface area contributed by atoms with Crippen LogP contribution in [0.5, 0.6) is 0 Å². The molecule has 84 valence electrons. The third-order valence-electron chi connectivity index (χ3n) is 2.36. The lowest BCUT2D eigenvalue weighted by atomic mass is 10.00. The minimum Gasteiger partial charge on any atom is -0.238 e. The molecule has 0 spiro atoms. The van der Waals surface area contributed by atoms with Gasteiger partial charge in [0.1, 0.15) is 0 Å². The van der Waals surface area contributed by atoms with Crippen molar-refractivity contribution in [1.82, 2.24) is 0 Å². The Bertz CT molecular complexity index is 426. The van der Waals surface area contributed by atoms with E-state index in [0.29, 0.717) is 24.1 Å². The van der Waals surface area contributed by atoms with Crippen LogP contribution >= 0.6 is 0 Å². The Morgan fingerprint density at radius 3 is 2.56 bits per heavy atom. The second-order valence-electron chi connectivity index (χ2n) is 3.47.